The molecule has 2 heterocycles. The van der Waals surface area contributed by atoms with Crippen molar-refractivity contribution in [3.05, 3.63) is 38.8 Å². The first-order valence-corrected chi connectivity index (χ1v) is 8.18. The number of aromatic nitrogens is 2. The Bertz CT molecular complexity index is 568. The van der Waals surface area contributed by atoms with E-state index < -0.39 is 0 Å². The second-order valence-electron chi connectivity index (χ2n) is 5.41. The summed E-state index contributed by atoms with van der Waals surface area (Å²) in [5.74, 6) is 0. The maximum atomic E-state index is 4.51. The molecule has 0 saturated carbocycles. The van der Waals surface area contributed by atoms with Gasteiger partial charge in [-0.3, -0.25) is 4.68 Å². The van der Waals surface area contributed by atoms with Crippen LogP contribution in [0.3, 0.4) is 0 Å². The first-order valence-electron chi connectivity index (χ1n) is 7.30. The van der Waals surface area contributed by atoms with Crippen LogP contribution in [0.5, 0.6) is 0 Å². The fourth-order valence-electron chi connectivity index (χ4n) is 2.75. The van der Waals surface area contributed by atoms with E-state index in [4.69, 9.17) is 0 Å². The van der Waals surface area contributed by atoms with Crippen LogP contribution in [0, 0.1) is 20.8 Å². The molecule has 1 N–H and O–H groups in total. The lowest BCUT2D eigenvalue weighted by molar-refractivity contribution is 0.515. The minimum atomic E-state index is 0.448. The van der Waals surface area contributed by atoms with Crippen LogP contribution in [0.2, 0.25) is 0 Å². The summed E-state index contributed by atoms with van der Waals surface area (Å²) in [5.41, 5.74) is 5.29. The second kappa shape index (κ2) is 6.55. The second-order valence-corrected chi connectivity index (χ2v) is 6.53. The van der Waals surface area contributed by atoms with E-state index >= 15 is 0 Å². The maximum Gasteiger partial charge on any atom is 0.0628 e. The lowest BCUT2D eigenvalue weighted by atomic mass is 9.99. The molecule has 0 aromatic carbocycles. The van der Waals surface area contributed by atoms with E-state index in [9.17, 15) is 0 Å². The number of aryl methyl sites for hydroxylation is 3. The lowest BCUT2D eigenvalue weighted by Gasteiger charge is -2.17. The van der Waals surface area contributed by atoms with Gasteiger partial charge in [0.05, 0.1) is 5.69 Å². The van der Waals surface area contributed by atoms with Crippen LogP contribution in [0.25, 0.3) is 0 Å². The van der Waals surface area contributed by atoms with Crippen molar-refractivity contribution in [3.8, 4) is 0 Å². The number of nitrogens with zero attached hydrogens (tertiary/aromatic N) is 2. The molecule has 4 heteroatoms. The zero-order valence-corrected chi connectivity index (χ0v) is 14.0. The van der Waals surface area contributed by atoms with Crippen molar-refractivity contribution in [2.75, 3.05) is 6.54 Å². The summed E-state index contributed by atoms with van der Waals surface area (Å²) in [4.78, 5) is 1.39. The molecule has 1 unspecified atom stereocenters. The molecule has 110 valence electrons. The molecule has 0 saturated heterocycles. The Morgan fingerprint density at radius 3 is 2.60 bits per heavy atom. The largest absolute Gasteiger partial charge is 0.310 e. The zero-order valence-electron chi connectivity index (χ0n) is 13.2. The molecule has 0 fully saturated rings. The van der Waals surface area contributed by atoms with Gasteiger partial charge in [-0.05, 0) is 62.7 Å². The minimum Gasteiger partial charge on any atom is -0.310 e. The molecular formula is C16H25N3S. The van der Waals surface area contributed by atoms with Crippen LogP contribution in [-0.2, 0) is 13.5 Å². The number of rotatable bonds is 6. The normalized spacial score (nSPS) is 12.8. The molecule has 2 rings (SSSR count). The Morgan fingerprint density at radius 1 is 1.35 bits per heavy atom. The predicted octanol–water partition coefficient (Wildman–Crippen LogP) is 3.69. The van der Waals surface area contributed by atoms with Gasteiger partial charge in [0.25, 0.3) is 0 Å². The van der Waals surface area contributed by atoms with Gasteiger partial charge in [-0.1, -0.05) is 6.92 Å². The molecule has 0 aliphatic carbocycles. The third kappa shape index (κ3) is 3.30. The van der Waals surface area contributed by atoms with E-state index in [1.54, 1.807) is 0 Å². The van der Waals surface area contributed by atoms with E-state index in [1.165, 1.54) is 27.4 Å². The van der Waals surface area contributed by atoms with Crippen LogP contribution in [0.4, 0.5) is 0 Å². The van der Waals surface area contributed by atoms with Gasteiger partial charge in [-0.2, -0.15) is 5.10 Å². The highest BCUT2D eigenvalue weighted by Crippen LogP contribution is 2.25. The van der Waals surface area contributed by atoms with Crippen molar-refractivity contribution in [2.45, 2.75) is 46.6 Å². The van der Waals surface area contributed by atoms with E-state index in [-0.39, 0.29) is 0 Å². The SMILES string of the molecule is CCNC(CCc1c(C)nn(C)c1C)c1csc(C)c1. The number of nitrogens with one attached hydrogen (secondary N) is 1. The number of hydrogen-bond acceptors (Lipinski definition) is 3. The fraction of sp³-hybridized carbons (Fsp3) is 0.562. The molecule has 2 aromatic rings. The zero-order chi connectivity index (χ0) is 14.7. The van der Waals surface area contributed by atoms with Crippen LogP contribution in [0.15, 0.2) is 11.4 Å². The summed E-state index contributed by atoms with van der Waals surface area (Å²) in [6.45, 7) is 9.62. The summed E-state index contributed by atoms with van der Waals surface area (Å²) in [6, 6.07) is 2.75. The summed E-state index contributed by atoms with van der Waals surface area (Å²) < 4.78 is 1.99. The Hall–Kier alpha value is -1.13. The molecular weight excluding hydrogens is 266 g/mol. The average molecular weight is 291 g/mol. The van der Waals surface area contributed by atoms with Crippen LogP contribution < -0.4 is 5.32 Å². The standard InChI is InChI=1S/C16H25N3S/c1-6-17-16(14-9-11(2)20-10-14)8-7-15-12(3)18-19(5)13(15)4/h9-10,16-17H,6-8H2,1-5H3. The summed E-state index contributed by atoms with van der Waals surface area (Å²) >= 11 is 1.83. The molecule has 0 bridgehead atoms. The molecule has 0 radical (unpaired) electrons. The molecule has 0 aliphatic heterocycles. The van der Waals surface area contributed by atoms with Crippen molar-refractivity contribution in [1.82, 2.24) is 15.1 Å². The Morgan fingerprint density at radius 2 is 2.10 bits per heavy atom. The third-order valence-corrected chi connectivity index (χ3v) is 4.83. The Labute approximate surface area is 126 Å². The van der Waals surface area contributed by atoms with Gasteiger partial charge in [0, 0.05) is 23.7 Å². The predicted molar refractivity (Wildman–Crippen MR) is 86.5 cm³/mol. The number of hydrogen-bond donors (Lipinski definition) is 1. The first kappa shape index (κ1) is 15.3. The van der Waals surface area contributed by atoms with E-state index in [0.717, 1.165) is 19.4 Å². The highest BCUT2D eigenvalue weighted by atomic mass is 32.1. The Balaban J connectivity index is 2.09. The highest BCUT2D eigenvalue weighted by Gasteiger charge is 2.15. The quantitative estimate of drug-likeness (QED) is 0.879. The van der Waals surface area contributed by atoms with Crippen LogP contribution in [0.1, 0.15) is 46.8 Å². The van der Waals surface area contributed by atoms with Gasteiger partial charge in [0.2, 0.25) is 0 Å². The third-order valence-electron chi connectivity index (χ3n) is 3.95. The van der Waals surface area contributed by atoms with Gasteiger partial charge in [-0.25, -0.2) is 0 Å². The van der Waals surface area contributed by atoms with Gasteiger partial charge < -0.3 is 5.32 Å². The van der Waals surface area contributed by atoms with Gasteiger partial charge in [0.15, 0.2) is 0 Å². The van der Waals surface area contributed by atoms with E-state index in [2.05, 4.69) is 49.6 Å². The first-order chi connectivity index (χ1) is 9.52. The highest BCUT2D eigenvalue weighted by molar-refractivity contribution is 7.10. The number of thiophene rings is 1. The van der Waals surface area contributed by atoms with Crippen molar-refractivity contribution in [1.29, 1.82) is 0 Å². The van der Waals surface area contributed by atoms with Crippen LogP contribution >= 0.6 is 11.3 Å². The maximum absolute atomic E-state index is 4.51. The molecule has 0 spiro atoms. The minimum absolute atomic E-state index is 0.448. The van der Waals surface area contributed by atoms with Gasteiger partial charge >= 0.3 is 0 Å². The summed E-state index contributed by atoms with van der Waals surface area (Å²) in [6.07, 6.45) is 2.20. The monoisotopic (exact) mass is 291 g/mol. The topological polar surface area (TPSA) is 29.9 Å². The average Bonchev–Trinajstić information content (AvgIpc) is 2.92. The molecule has 0 amide bonds. The van der Waals surface area contributed by atoms with Crippen LogP contribution in [-0.4, -0.2) is 16.3 Å². The molecule has 3 nitrogen and oxygen atoms in total. The molecule has 20 heavy (non-hydrogen) atoms. The van der Waals surface area contributed by atoms with Crippen molar-refractivity contribution in [3.63, 3.8) is 0 Å². The van der Waals surface area contributed by atoms with Crippen molar-refractivity contribution >= 4 is 11.3 Å². The van der Waals surface area contributed by atoms with Gasteiger partial charge in [0.1, 0.15) is 0 Å². The summed E-state index contributed by atoms with van der Waals surface area (Å²) in [7, 11) is 2.02. The van der Waals surface area contributed by atoms with Crippen molar-refractivity contribution < 1.29 is 0 Å². The fourth-order valence-corrected chi connectivity index (χ4v) is 3.51. The van der Waals surface area contributed by atoms with E-state index in [1.807, 2.05) is 23.1 Å². The summed E-state index contributed by atoms with van der Waals surface area (Å²) in [5, 5.41) is 10.4. The van der Waals surface area contributed by atoms with E-state index in [0.29, 0.717) is 6.04 Å². The van der Waals surface area contributed by atoms with Crippen molar-refractivity contribution in [2.24, 2.45) is 7.05 Å². The molecule has 1 atom stereocenters. The van der Waals surface area contributed by atoms with Gasteiger partial charge in [-0.15, -0.1) is 11.3 Å². The smallest absolute Gasteiger partial charge is 0.0628 e. The Kier molecular flexibility index (Phi) is 5.00. The molecule has 0 aliphatic rings. The molecule has 2 aromatic heterocycles. The lowest BCUT2D eigenvalue weighted by Crippen LogP contribution is -2.21.